The van der Waals surface area contributed by atoms with E-state index in [9.17, 15) is 5.11 Å². The zero-order valence-corrected chi connectivity index (χ0v) is 11.0. The summed E-state index contributed by atoms with van der Waals surface area (Å²) in [4.78, 5) is 2.17. The number of likely N-dealkylation sites (N-methyl/N-ethyl adjacent to an activating group) is 1. The van der Waals surface area contributed by atoms with Crippen LogP contribution in [0.4, 0.5) is 0 Å². The van der Waals surface area contributed by atoms with E-state index < -0.39 is 0 Å². The maximum atomic E-state index is 9.59. The number of nitrogens with one attached hydrogen (secondary N) is 1. The van der Waals surface area contributed by atoms with Crippen molar-refractivity contribution in [3.63, 3.8) is 0 Å². The zero-order chi connectivity index (χ0) is 13.4. The Bertz CT molecular complexity index is 358. The summed E-state index contributed by atoms with van der Waals surface area (Å²) in [5.41, 5.74) is 0.785. The number of nitrogens with zero attached hydrogens (tertiary/aromatic N) is 1. The van der Waals surface area contributed by atoms with Crippen LogP contribution < -0.4 is 5.32 Å². The van der Waals surface area contributed by atoms with E-state index in [0.717, 1.165) is 31.8 Å². The monoisotopic (exact) mass is 254 g/mol. The maximum Gasteiger partial charge on any atom is 0.123 e. The fraction of sp³-hybridized carbons (Fsp3) is 0.538. The van der Waals surface area contributed by atoms with Crippen LogP contribution in [0.2, 0.25) is 0 Å². The molecule has 5 heteroatoms. The first-order valence-electron chi connectivity index (χ1n) is 6.02. The van der Waals surface area contributed by atoms with Gasteiger partial charge in [-0.3, -0.25) is 0 Å². The van der Waals surface area contributed by atoms with Crippen molar-refractivity contribution in [1.82, 2.24) is 10.2 Å². The molecule has 0 bridgehead atoms. The lowest BCUT2D eigenvalue weighted by Gasteiger charge is -2.16. The number of benzene rings is 1. The highest BCUT2D eigenvalue weighted by Gasteiger charge is 2.02. The first kappa shape index (κ1) is 14.8. The highest BCUT2D eigenvalue weighted by molar-refractivity contribution is 5.38. The Kier molecular flexibility index (Phi) is 6.49. The summed E-state index contributed by atoms with van der Waals surface area (Å²) in [6, 6.07) is 4.63. The molecule has 0 aliphatic carbocycles. The van der Waals surface area contributed by atoms with E-state index in [0.29, 0.717) is 6.54 Å². The second-order valence-electron chi connectivity index (χ2n) is 4.29. The van der Waals surface area contributed by atoms with E-state index in [1.165, 1.54) is 6.07 Å². The van der Waals surface area contributed by atoms with Crippen molar-refractivity contribution < 1.29 is 14.9 Å². The van der Waals surface area contributed by atoms with Gasteiger partial charge in [0.05, 0.1) is 6.61 Å². The molecule has 102 valence electrons. The highest BCUT2D eigenvalue weighted by atomic mass is 16.5. The first-order chi connectivity index (χ1) is 8.63. The number of aromatic hydroxyl groups is 2. The van der Waals surface area contributed by atoms with E-state index in [-0.39, 0.29) is 11.5 Å². The van der Waals surface area contributed by atoms with Gasteiger partial charge < -0.3 is 25.2 Å². The number of ether oxygens (including phenoxy) is 1. The lowest BCUT2D eigenvalue weighted by Crippen LogP contribution is -2.31. The Balaban J connectivity index is 2.21. The molecule has 0 spiro atoms. The molecule has 0 aromatic heterocycles. The van der Waals surface area contributed by atoms with Gasteiger partial charge in [0.15, 0.2) is 0 Å². The summed E-state index contributed by atoms with van der Waals surface area (Å²) >= 11 is 0. The molecule has 0 amide bonds. The van der Waals surface area contributed by atoms with E-state index in [1.807, 2.05) is 7.05 Å². The summed E-state index contributed by atoms with van der Waals surface area (Å²) in [6.45, 7) is 3.98. The molecule has 0 aliphatic rings. The fourth-order valence-corrected chi connectivity index (χ4v) is 1.55. The van der Waals surface area contributed by atoms with Crippen molar-refractivity contribution in [2.75, 3.05) is 40.4 Å². The van der Waals surface area contributed by atoms with Crippen LogP contribution in [-0.2, 0) is 11.3 Å². The van der Waals surface area contributed by atoms with Crippen LogP contribution in [0.25, 0.3) is 0 Å². The standard InChI is InChI=1S/C13H22N2O3/c1-15(7-8-18-2)6-5-14-10-11-3-4-12(16)9-13(11)17/h3-4,9,14,16-17H,5-8,10H2,1-2H3. The predicted octanol–water partition coefficient (Wildman–Crippen LogP) is 0.766. The van der Waals surface area contributed by atoms with Crippen LogP contribution in [-0.4, -0.2) is 55.5 Å². The van der Waals surface area contributed by atoms with Crippen molar-refractivity contribution in [3.8, 4) is 11.5 Å². The van der Waals surface area contributed by atoms with Crippen molar-refractivity contribution >= 4 is 0 Å². The van der Waals surface area contributed by atoms with E-state index in [2.05, 4.69) is 10.2 Å². The van der Waals surface area contributed by atoms with Crippen LogP contribution in [0.15, 0.2) is 18.2 Å². The normalized spacial score (nSPS) is 11.1. The minimum atomic E-state index is 0.0792. The van der Waals surface area contributed by atoms with Gasteiger partial charge in [-0.25, -0.2) is 0 Å². The van der Waals surface area contributed by atoms with Crippen LogP contribution in [0.5, 0.6) is 11.5 Å². The molecule has 0 atom stereocenters. The maximum absolute atomic E-state index is 9.59. The van der Waals surface area contributed by atoms with Gasteiger partial charge in [0, 0.05) is 44.9 Å². The number of hydrogen-bond donors (Lipinski definition) is 3. The van der Waals surface area contributed by atoms with Crippen LogP contribution >= 0.6 is 0 Å². The third-order valence-electron chi connectivity index (χ3n) is 2.73. The number of phenols is 2. The largest absolute Gasteiger partial charge is 0.508 e. The molecule has 1 aromatic carbocycles. The summed E-state index contributed by atoms with van der Waals surface area (Å²) < 4.78 is 5.00. The Morgan fingerprint density at radius 3 is 2.72 bits per heavy atom. The van der Waals surface area contributed by atoms with Gasteiger partial charge in [-0.05, 0) is 13.1 Å². The van der Waals surface area contributed by atoms with E-state index >= 15 is 0 Å². The number of hydrogen-bond acceptors (Lipinski definition) is 5. The van der Waals surface area contributed by atoms with Crippen molar-refractivity contribution in [2.24, 2.45) is 0 Å². The Morgan fingerprint density at radius 1 is 1.28 bits per heavy atom. The molecular formula is C13H22N2O3. The van der Waals surface area contributed by atoms with Gasteiger partial charge in [0.1, 0.15) is 11.5 Å². The lowest BCUT2D eigenvalue weighted by atomic mass is 10.2. The third kappa shape index (κ3) is 5.35. The second-order valence-corrected chi connectivity index (χ2v) is 4.29. The summed E-state index contributed by atoms with van der Waals surface area (Å²) in [5.74, 6) is 0.200. The van der Waals surface area contributed by atoms with Crippen LogP contribution in [0.3, 0.4) is 0 Å². The molecule has 0 saturated heterocycles. The number of methoxy groups -OCH3 is 1. The molecule has 0 saturated carbocycles. The Labute approximate surface area is 108 Å². The average Bonchev–Trinajstić information content (AvgIpc) is 2.34. The average molecular weight is 254 g/mol. The Hall–Kier alpha value is -1.30. The zero-order valence-electron chi connectivity index (χ0n) is 11.0. The molecule has 0 aliphatic heterocycles. The quantitative estimate of drug-likeness (QED) is 0.598. The molecule has 0 unspecified atom stereocenters. The Morgan fingerprint density at radius 2 is 2.06 bits per heavy atom. The molecule has 0 radical (unpaired) electrons. The highest BCUT2D eigenvalue weighted by Crippen LogP contribution is 2.21. The molecular weight excluding hydrogens is 232 g/mol. The number of rotatable bonds is 8. The van der Waals surface area contributed by atoms with Gasteiger partial charge >= 0.3 is 0 Å². The number of phenolic OH excluding ortho intramolecular Hbond substituents is 2. The summed E-state index contributed by atoms with van der Waals surface area (Å²) in [6.07, 6.45) is 0. The molecule has 0 heterocycles. The van der Waals surface area contributed by atoms with Gasteiger partial charge in [-0.2, -0.15) is 0 Å². The SMILES string of the molecule is COCCN(C)CCNCc1ccc(O)cc1O. The predicted molar refractivity (Wildman–Crippen MR) is 70.9 cm³/mol. The molecule has 1 aromatic rings. The third-order valence-corrected chi connectivity index (χ3v) is 2.73. The second kappa shape index (κ2) is 7.92. The molecule has 18 heavy (non-hydrogen) atoms. The van der Waals surface area contributed by atoms with Gasteiger partial charge in [0.25, 0.3) is 0 Å². The lowest BCUT2D eigenvalue weighted by molar-refractivity contribution is 0.161. The smallest absolute Gasteiger partial charge is 0.123 e. The first-order valence-corrected chi connectivity index (χ1v) is 6.02. The molecule has 0 fully saturated rings. The topological polar surface area (TPSA) is 65.0 Å². The minimum absolute atomic E-state index is 0.0792. The minimum Gasteiger partial charge on any atom is -0.508 e. The summed E-state index contributed by atoms with van der Waals surface area (Å²) in [5, 5.41) is 22.0. The summed E-state index contributed by atoms with van der Waals surface area (Å²) in [7, 11) is 3.73. The fourth-order valence-electron chi connectivity index (χ4n) is 1.55. The van der Waals surface area contributed by atoms with E-state index in [4.69, 9.17) is 9.84 Å². The van der Waals surface area contributed by atoms with Crippen LogP contribution in [0.1, 0.15) is 5.56 Å². The molecule has 5 nitrogen and oxygen atoms in total. The van der Waals surface area contributed by atoms with Gasteiger partial charge in [-0.1, -0.05) is 6.07 Å². The van der Waals surface area contributed by atoms with Crippen LogP contribution in [0, 0.1) is 0 Å². The van der Waals surface area contributed by atoms with Crippen molar-refractivity contribution in [3.05, 3.63) is 23.8 Å². The molecule has 3 N–H and O–H groups in total. The molecule has 1 rings (SSSR count). The van der Waals surface area contributed by atoms with E-state index in [1.54, 1.807) is 19.2 Å². The van der Waals surface area contributed by atoms with Crippen molar-refractivity contribution in [2.45, 2.75) is 6.54 Å². The van der Waals surface area contributed by atoms with Crippen molar-refractivity contribution in [1.29, 1.82) is 0 Å². The van der Waals surface area contributed by atoms with Gasteiger partial charge in [-0.15, -0.1) is 0 Å². The van der Waals surface area contributed by atoms with Gasteiger partial charge in [0.2, 0.25) is 0 Å².